The minimum atomic E-state index is -0.400. The van der Waals surface area contributed by atoms with Crippen LogP contribution >= 0.6 is 11.8 Å². The first kappa shape index (κ1) is 23.7. The van der Waals surface area contributed by atoms with Gasteiger partial charge in [-0.15, -0.1) is 11.8 Å². The van der Waals surface area contributed by atoms with Crippen molar-refractivity contribution >= 4 is 23.4 Å². The number of anilines is 1. The van der Waals surface area contributed by atoms with Gasteiger partial charge in [0.1, 0.15) is 0 Å². The summed E-state index contributed by atoms with van der Waals surface area (Å²) in [4.78, 5) is 12.9. The zero-order valence-electron chi connectivity index (χ0n) is 18.9. The predicted octanol–water partition coefficient (Wildman–Crippen LogP) is 3.08. The van der Waals surface area contributed by atoms with Crippen molar-refractivity contribution in [3.63, 3.8) is 0 Å². The molecule has 2 aromatic rings. The molecule has 32 heavy (non-hydrogen) atoms. The zero-order valence-corrected chi connectivity index (χ0v) is 19.8. The van der Waals surface area contributed by atoms with Crippen molar-refractivity contribution in [3.05, 3.63) is 29.8 Å². The highest BCUT2D eigenvalue weighted by Gasteiger charge is 2.32. The van der Waals surface area contributed by atoms with Crippen molar-refractivity contribution in [2.45, 2.75) is 11.4 Å². The first-order valence-electron chi connectivity index (χ1n) is 9.78. The molecule has 0 saturated carbocycles. The summed E-state index contributed by atoms with van der Waals surface area (Å²) >= 11 is 1.62. The molecule has 1 fully saturated rings. The number of carbonyl (C=O) groups excluding carboxylic acids is 1. The van der Waals surface area contributed by atoms with Gasteiger partial charge in [-0.25, -0.2) is 0 Å². The fourth-order valence-electron chi connectivity index (χ4n) is 3.45. The largest absolute Gasteiger partial charge is 0.493 e. The van der Waals surface area contributed by atoms with Gasteiger partial charge in [0.25, 0.3) is 0 Å². The van der Waals surface area contributed by atoms with Gasteiger partial charge in [-0.1, -0.05) is 0 Å². The van der Waals surface area contributed by atoms with E-state index in [4.69, 9.17) is 28.4 Å². The summed E-state index contributed by atoms with van der Waals surface area (Å²) in [5, 5.41) is 6.17. The van der Waals surface area contributed by atoms with E-state index in [1.165, 1.54) is 21.3 Å². The number of benzene rings is 2. The van der Waals surface area contributed by atoms with Gasteiger partial charge in [0.2, 0.25) is 17.4 Å². The normalized spacial score (nSPS) is 17.4. The molecule has 0 radical (unpaired) electrons. The van der Waals surface area contributed by atoms with Crippen LogP contribution in [0.2, 0.25) is 0 Å². The SMILES string of the molecule is COc1cc(NC(=O)C2CSC(c3cc(OC)c(OC)c(OC)c3)N2)cc(OC)c1OC. The maximum atomic E-state index is 12.9. The quantitative estimate of drug-likeness (QED) is 0.580. The maximum Gasteiger partial charge on any atom is 0.242 e. The third kappa shape index (κ3) is 4.76. The number of ether oxygens (including phenoxy) is 6. The van der Waals surface area contributed by atoms with Gasteiger partial charge in [-0.3, -0.25) is 10.1 Å². The molecule has 2 unspecified atom stereocenters. The summed E-state index contributed by atoms with van der Waals surface area (Å²) in [6.45, 7) is 0. The molecule has 2 aromatic carbocycles. The van der Waals surface area contributed by atoms with Crippen LogP contribution in [0.5, 0.6) is 34.5 Å². The Balaban J connectivity index is 1.76. The van der Waals surface area contributed by atoms with Gasteiger partial charge in [-0.05, 0) is 17.7 Å². The molecule has 0 aromatic heterocycles. The molecule has 1 saturated heterocycles. The molecule has 2 N–H and O–H groups in total. The van der Waals surface area contributed by atoms with Gasteiger partial charge in [0.05, 0.1) is 54.1 Å². The van der Waals surface area contributed by atoms with Gasteiger partial charge in [-0.2, -0.15) is 0 Å². The molecule has 0 aliphatic carbocycles. The third-order valence-corrected chi connectivity index (χ3v) is 6.29. The average molecular weight is 465 g/mol. The van der Waals surface area contributed by atoms with Gasteiger partial charge >= 0.3 is 0 Å². The molecule has 2 atom stereocenters. The second kappa shape index (κ2) is 10.6. The van der Waals surface area contributed by atoms with E-state index in [1.807, 2.05) is 12.1 Å². The minimum Gasteiger partial charge on any atom is -0.493 e. The molecule has 10 heteroatoms. The van der Waals surface area contributed by atoms with Crippen LogP contribution in [0.15, 0.2) is 24.3 Å². The monoisotopic (exact) mass is 464 g/mol. The minimum absolute atomic E-state index is 0.112. The summed E-state index contributed by atoms with van der Waals surface area (Å²) < 4.78 is 32.3. The topological polar surface area (TPSA) is 96.5 Å². The maximum absolute atomic E-state index is 12.9. The molecular formula is C22H28N2O7S. The van der Waals surface area contributed by atoms with Crippen molar-refractivity contribution in [1.82, 2.24) is 5.32 Å². The summed E-state index contributed by atoms with van der Waals surface area (Å²) in [7, 11) is 9.29. The summed E-state index contributed by atoms with van der Waals surface area (Å²) in [6, 6.07) is 6.75. The molecular weight excluding hydrogens is 436 g/mol. The number of rotatable bonds is 9. The first-order valence-corrected chi connectivity index (χ1v) is 10.8. The summed E-state index contributed by atoms with van der Waals surface area (Å²) in [6.07, 6.45) is 0. The van der Waals surface area contributed by atoms with Gasteiger partial charge < -0.3 is 33.7 Å². The molecule has 0 bridgehead atoms. The number of nitrogens with one attached hydrogen (secondary N) is 2. The Hall–Kier alpha value is -2.98. The van der Waals surface area contributed by atoms with Gasteiger partial charge in [0, 0.05) is 23.6 Å². The molecule has 1 heterocycles. The Morgan fingerprint density at radius 3 is 1.72 bits per heavy atom. The summed E-state index contributed by atoms with van der Waals surface area (Å²) in [5.74, 6) is 3.48. The number of thioether (sulfide) groups is 1. The Labute approximate surface area is 191 Å². The second-order valence-corrected chi connectivity index (χ2v) is 7.93. The van der Waals surface area contributed by atoms with Crippen LogP contribution in [-0.2, 0) is 4.79 Å². The van der Waals surface area contributed by atoms with Crippen molar-refractivity contribution < 1.29 is 33.2 Å². The highest BCUT2D eigenvalue weighted by molar-refractivity contribution is 7.99. The third-order valence-electron chi connectivity index (χ3n) is 5.02. The van der Waals surface area contributed by atoms with E-state index in [0.29, 0.717) is 45.9 Å². The lowest BCUT2D eigenvalue weighted by atomic mass is 10.1. The zero-order chi connectivity index (χ0) is 23.3. The van der Waals surface area contributed by atoms with Crippen molar-refractivity contribution in [1.29, 1.82) is 0 Å². The molecule has 9 nitrogen and oxygen atoms in total. The Bertz CT molecular complexity index is 919. The van der Waals surface area contributed by atoms with Crippen LogP contribution in [0.25, 0.3) is 0 Å². The highest BCUT2D eigenvalue weighted by atomic mass is 32.2. The fourth-order valence-corrected chi connectivity index (χ4v) is 4.67. The van der Waals surface area contributed by atoms with Crippen LogP contribution in [0.1, 0.15) is 10.9 Å². The molecule has 1 aliphatic heterocycles. The lowest BCUT2D eigenvalue weighted by Crippen LogP contribution is -2.38. The lowest BCUT2D eigenvalue weighted by Gasteiger charge is -2.18. The van der Waals surface area contributed by atoms with E-state index in [2.05, 4.69) is 10.6 Å². The van der Waals surface area contributed by atoms with Crippen molar-refractivity contribution in [2.24, 2.45) is 0 Å². The van der Waals surface area contributed by atoms with E-state index in [0.717, 1.165) is 5.56 Å². The molecule has 174 valence electrons. The van der Waals surface area contributed by atoms with Crippen LogP contribution in [0.3, 0.4) is 0 Å². The van der Waals surface area contributed by atoms with Crippen molar-refractivity contribution in [3.8, 4) is 34.5 Å². The highest BCUT2D eigenvalue weighted by Crippen LogP contribution is 2.43. The number of carbonyl (C=O) groups is 1. The van der Waals surface area contributed by atoms with Gasteiger partial charge in [0.15, 0.2) is 23.0 Å². The van der Waals surface area contributed by atoms with E-state index >= 15 is 0 Å². The Morgan fingerprint density at radius 1 is 0.812 bits per heavy atom. The lowest BCUT2D eigenvalue weighted by molar-refractivity contribution is -0.117. The van der Waals surface area contributed by atoms with Crippen LogP contribution in [0, 0.1) is 0 Å². The predicted molar refractivity (Wildman–Crippen MR) is 123 cm³/mol. The van der Waals surface area contributed by atoms with E-state index in [9.17, 15) is 4.79 Å². The van der Waals surface area contributed by atoms with E-state index in [-0.39, 0.29) is 11.3 Å². The molecule has 1 amide bonds. The molecule has 0 spiro atoms. The van der Waals surface area contributed by atoms with E-state index < -0.39 is 6.04 Å². The van der Waals surface area contributed by atoms with E-state index in [1.54, 1.807) is 45.2 Å². The molecule has 3 rings (SSSR count). The standard InChI is InChI=1S/C22H28N2O7S/c1-26-15-7-12(8-16(27-2)19(15)30-5)22-24-14(11-32-22)21(25)23-13-9-17(28-3)20(31-6)18(10-13)29-4/h7-10,14,22,24H,11H2,1-6H3,(H,23,25). The number of hydrogen-bond donors (Lipinski definition) is 2. The number of amides is 1. The first-order chi connectivity index (χ1) is 15.5. The second-order valence-electron chi connectivity index (χ2n) is 6.79. The Kier molecular flexibility index (Phi) is 7.81. The van der Waals surface area contributed by atoms with Crippen LogP contribution in [0.4, 0.5) is 5.69 Å². The average Bonchev–Trinajstić information content (AvgIpc) is 3.32. The van der Waals surface area contributed by atoms with Crippen molar-refractivity contribution in [2.75, 3.05) is 53.7 Å². The summed E-state index contributed by atoms with van der Waals surface area (Å²) in [5.41, 5.74) is 1.47. The number of methoxy groups -OCH3 is 6. The Morgan fingerprint density at radius 2 is 1.28 bits per heavy atom. The van der Waals surface area contributed by atoms with Crippen LogP contribution < -0.4 is 39.1 Å². The fraction of sp³-hybridized carbons (Fsp3) is 0.409. The number of hydrogen-bond acceptors (Lipinski definition) is 9. The molecule has 1 aliphatic rings. The van der Waals surface area contributed by atoms with Crippen LogP contribution in [-0.4, -0.2) is 60.4 Å². The smallest absolute Gasteiger partial charge is 0.242 e.